The minimum atomic E-state index is -3.37. The summed E-state index contributed by atoms with van der Waals surface area (Å²) in [6, 6.07) is 7.56. The molecule has 0 fully saturated rings. The number of aryl methyl sites for hydroxylation is 2. The smallest absolute Gasteiger partial charge is 0.170 e. The highest BCUT2D eigenvalue weighted by molar-refractivity contribution is 7.91. The monoisotopic (exact) mass is 251 g/mol. The van der Waals surface area contributed by atoms with Gasteiger partial charge in [0.05, 0.1) is 11.8 Å². The van der Waals surface area contributed by atoms with Crippen molar-refractivity contribution >= 4 is 9.84 Å². The van der Waals surface area contributed by atoms with Crippen LogP contribution in [0.5, 0.6) is 0 Å². The van der Waals surface area contributed by atoms with E-state index in [1.807, 2.05) is 38.1 Å². The van der Waals surface area contributed by atoms with Crippen molar-refractivity contribution < 1.29 is 8.42 Å². The molecule has 0 heterocycles. The zero-order chi connectivity index (χ0) is 13.1. The molecule has 17 heavy (non-hydrogen) atoms. The van der Waals surface area contributed by atoms with Gasteiger partial charge in [0.2, 0.25) is 0 Å². The molecule has 0 aliphatic carbocycles. The topological polar surface area (TPSA) is 57.9 Å². The predicted octanol–water partition coefficient (Wildman–Crippen LogP) is 2.52. The molecule has 0 amide bonds. The summed E-state index contributed by atoms with van der Waals surface area (Å²) in [6.07, 6.45) is 0.337. The van der Waals surface area contributed by atoms with Gasteiger partial charge in [-0.2, -0.15) is 5.26 Å². The molecular formula is C13H17NO2S. The van der Waals surface area contributed by atoms with Gasteiger partial charge in [0.1, 0.15) is 5.25 Å². The van der Waals surface area contributed by atoms with Crippen LogP contribution >= 0.6 is 0 Å². The summed E-state index contributed by atoms with van der Waals surface area (Å²) in [5, 5.41) is 7.92. The summed E-state index contributed by atoms with van der Waals surface area (Å²) in [7, 11) is -3.37. The Kier molecular flexibility index (Phi) is 4.30. The molecule has 1 aromatic rings. The number of nitrogens with zero attached hydrogens (tertiary/aromatic N) is 1. The molecule has 1 rings (SSSR count). The van der Waals surface area contributed by atoms with E-state index in [1.54, 1.807) is 6.92 Å². The first-order valence-electron chi connectivity index (χ1n) is 5.57. The second kappa shape index (κ2) is 5.33. The number of hydrogen-bond acceptors (Lipinski definition) is 3. The molecule has 1 unspecified atom stereocenters. The van der Waals surface area contributed by atoms with Crippen molar-refractivity contribution in [2.75, 3.05) is 0 Å². The highest BCUT2D eigenvalue weighted by Crippen LogP contribution is 2.16. The molecule has 4 heteroatoms. The van der Waals surface area contributed by atoms with Crippen molar-refractivity contribution in [1.29, 1.82) is 5.26 Å². The Balaban J connectivity index is 3.02. The fourth-order valence-corrected chi connectivity index (χ4v) is 3.41. The van der Waals surface area contributed by atoms with Crippen molar-refractivity contribution in [1.82, 2.24) is 0 Å². The third kappa shape index (κ3) is 3.57. The summed E-state index contributed by atoms with van der Waals surface area (Å²) in [5.41, 5.74) is 2.84. The molecule has 0 N–H and O–H groups in total. The van der Waals surface area contributed by atoms with Crippen LogP contribution in [0.25, 0.3) is 0 Å². The lowest BCUT2D eigenvalue weighted by molar-refractivity contribution is 0.586. The molecule has 3 nitrogen and oxygen atoms in total. The lowest BCUT2D eigenvalue weighted by atomic mass is 10.1. The zero-order valence-electron chi connectivity index (χ0n) is 10.4. The number of hydrogen-bond donors (Lipinski definition) is 0. The molecule has 0 bridgehead atoms. The Labute approximate surface area is 103 Å². The molecule has 0 spiro atoms. The third-order valence-electron chi connectivity index (χ3n) is 2.60. The summed E-state index contributed by atoms with van der Waals surface area (Å²) in [5.74, 6) is -0.0540. The van der Waals surface area contributed by atoms with Gasteiger partial charge in [0.25, 0.3) is 0 Å². The van der Waals surface area contributed by atoms with Gasteiger partial charge in [-0.1, -0.05) is 36.2 Å². The average molecular weight is 251 g/mol. The maximum atomic E-state index is 12.0. The average Bonchev–Trinajstić information content (AvgIpc) is 2.15. The van der Waals surface area contributed by atoms with Crippen LogP contribution in [0.1, 0.15) is 30.0 Å². The van der Waals surface area contributed by atoms with Crippen LogP contribution in [0, 0.1) is 25.2 Å². The fraction of sp³-hybridized carbons (Fsp3) is 0.462. The number of benzene rings is 1. The van der Waals surface area contributed by atoms with E-state index in [0.29, 0.717) is 6.42 Å². The van der Waals surface area contributed by atoms with E-state index in [-0.39, 0.29) is 5.75 Å². The molecule has 1 aromatic carbocycles. The first-order valence-corrected chi connectivity index (χ1v) is 7.29. The summed E-state index contributed by atoms with van der Waals surface area (Å²) in [6.45, 7) is 5.59. The van der Waals surface area contributed by atoms with E-state index in [0.717, 1.165) is 16.7 Å². The molecule has 0 aromatic heterocycles. The van der Waals surface area contributed by atoms with Gasteiger partial charge in [-0.15, -0.1) is 0 Å². The Morgan fingerprint density at radius 1 is 1.24 bits per heavy atom. The van der Waals surface area contributed by atoms with Gasteiger partial charge in [-0.3, -0.25) is 0 Å². The lowest BCUT2D eigenvalue weighted by Gasteiger charge is -2.09. The molecule has 0 aliphatic heterocycles. The normalized spacial score (nSPS) is 13.1. The first kappa shape index (κ1) is 13.7. The van der Waals surface area contributed by atoms with E-state index < -0.39 is 15.1 Å². The Hall–Kier alpha value is -1.34. The molecule has 0 saturated carbocycles. The molecule has 0 aliphatic rings. The van der Waals surface area contributed by atoms with Crippen molar-refractivity contribution in [3.05, 3.63) is 34.9 Å². The van der Waals surface area contributed by atoms with E-state index in [4.69, 9.17) is 5.26 Å². The maximum absolute atomic E-state index is 12.0. The molecule has 0 saturated heterocycles. The fourth-order valence-electron chi connectivity index (χ4n) is 1.91. The van der Waals surface area contributed by atoms with Crippen molar-refractivity contribution in [3.8, 4) is 6.07 Å². The summed E-state index contributed by atoms with van der Waals surface area (Å²) in [4.78, 5) is 0. The SMILES string of the molecule is CCC(C#N)S(=O)(=O)Cc1cc(C)cc(C)c1. The second-order valence-electron chi connectivity index (χ2n) is 4.33. The Bertz CT molecular complexity index is 521. The lowest BCUT2D eigenvalue weighted by Crippen LogP contribution is -2.20. The predicted molar refractivity (Wildman–Crippen MR) is 68.2 cm³/mol. The Morgan fingerprint density at radius 3 is 2.18 bits per heavy atom. The van der Waals surface area contributed by atoms with Crippen LogP contribution < -0.4 is 0 Å². The number of sulfone groups is 1. The van der Waals surface area contributed by atoms with Gasteiger partial charge in [0, 0.05) is 0 Å². The second-order valence-corrected chi connectivity index (χ2v) is 6.51. The minimum Gasteiger partial charge on any atom is -0.227 e. The third-order valence-corrected chi connectivity index (χ3v) is 4.64. The van der Waals surface area contributed by atoms with Gasteiger partial charge in [-0.05, 0) is 25.8 Å². The number of rotatable bonds is 4. The molecular weight excluding hydrogens is 234 g/mol. The van der Waals surface area contributed by atoms with E-state index in [9.17, 15) is 8.42 Å². The van der Waals surface area contributed by atoms with Gasteiger partial charge < -0.3 is 0 Å². The summed E-state index contributed by atoms with van der Waals surface area (Å²) >= 11 is 0. The van der Waals surface area contributed by atoms with Gasteiger partial charge >= 0.3 is 0 Å². The van der Waals surface area contributed by atoms with E-state index in [1.165, 1.54) is 0 Å². The molecule has 1 atom stereocenters. The Morgan fingerprint density at radius 2 is 1.76 bits per heavy atom. The van der Waals surface area contributed by atoms with Crippen LogP contribution in [-0.2, 0) is 15.6 Å². The quantitative estimate of drug-likeness (QED) is 0.826. The van der Waals surface area contributed by atoms with Crippen LogP contribution in [-0.4, -0.2) is 13.7 Å². The van der Waals surface area contributed by atoms with Crippen molar-refractivity contribution in [2.24, 2.45) is 0 Å². The van der Waals surface area contributed by atoms with E-state index >= 15 is 0 Å². The number of nitriles is 1. The molecule has 0 radical (unpaired) electrons. The minimum absolute atomic E-state index is 0.0540. The maximum Gasteiger partial charge on any atom is 0.170 e. The highest BCUT2D eigenvalue weighted by Gasteiger charge is 2.23. The highest BCUT2D eigenvalue weighted by atomic mass is 32.2. The largest absolute Gasteiger partial charge is 0.227 e. The molecule has 92 valence electrons. The van der Waals surface area contributed by atoms with Crippen molar-refractivity contribution in [3.63, 3.8) is 0 Å². The van der Waals surface area contributed by atoms with Crippen LogP contribution in [0.4, 0.5) is 0 Å². The van der Waals surface area contributed by atoms with Gasteiger partial charge in [0.15, 0.2) is 9.84 Å². The van der Waals surface area contributed by atoms with Crippen LogP contribution in [0.3, 0.4) is 0 Å². The van der Waals surface area contributed by atoms with Crippen molar-refractivity contribution in [2.45, 2.75) is 38.2 Å². The van der Waals surface area contributed by atoms with Crippen LogP contribution in [0.2, 0.25) is 0 Å². The summed E-state index contributed by atoms with van der Waals surface area (Å²) < 4.78 is 23.9. The zero-order valence-corrected chi connectivity index (χ0v) is 11.2. The van der Waals surface area contributed by atoms with Gasteiger partial charge in [-0.25, -0.2) is 8.42 Å². The standard InChI is InChI=1S/C13H17NO2S/c1-4-13(8-14)17(15,16)9-12-6-10(2)5-11(3)7-12/h5-7,13H,4,9H2,1-3H3. The first-order chi connectivity index (χ1) is 7.89. The van der Waals surface area contributed by atoms with E-state index in [2.05, 4.69) is 0 Å². The van der Waals surface area contributed by atoms with Crippen LogP contribution in [0.15, 0.2) is 18.2 Å².